The number of rotatable bonds is 6. The van der Waals surface area contributed by atoms with Crippen LogP contribution in [0, 0.1) is 6.92 Å². The van der Waals surface area contributed by atoms with Gasteiger partial charge in [-0.3, -0.25) is 4.79 Å². The fourth-order valence-corrected chi connectivity index (χ4v) is 4.29. The van der Waals surface area contributed by atoms with Crippen LogP contribution in [0.2, 0.25) is 0 Å². The number of nitrogens with zero attached hydrogens (tertiary/aromatic N) is 3. The molecule has 7 nitrogen and oxygen atoms in total. The third-order valence-electron chi connectivity index (χ3n) is 5.41. The molecule has 2 heterocycles. The van der Waals surface area contributed by atoms with Gasteiger partial charge < -0.3 is 19.3 Å². The molecule has 8 heteroatoms. The first kappa shape index (κ1) is 21.8. The minimum atomic E-state index is -0.579. The summed E-state index contributed by atoms with van der Waals surface area (Å²) in [4.78, 5) is 33.2. The Bertz CT molecular complexity index is 1070. The quantitative estimate of drug-likeness (QED) is 0.533. The third-order valence-corrected chi connectivity index (χ3v) is 6.30. The largest absolute Gasteiger partial charge is 0.497 e. The summed E-state index contributed by atoms with van der Waals surface area (Å²) in [5.74, 6) is 0.0435. The van der Waals surface area contributed by atoms with Crippen LogP contribution in [0.5, 0.6) is 5.75 Å². The van der Waals surface area contributed by atoms with E-state index < -0.39 is 5.97 Å². The average molecular weight is 452 g/mol. The average Bonchev–Trinajstić information content (AvgIpc) is 3.33. The Labute approximate surface area is 191 Å². The lowest BCUT2D eigenvalue weighted by Gasteiger charge is -2.36. The van der Waals surface area contributed by atoms with Gasteiger partial charge in [-0.1, -0.05) is 29.8 Å². The molecule has 32 heavy (non-hydrogen) atoms. The van der Waals surface area contributed by atoms with E-state index in [1.54, 1.807) is 17.4 Å². The number of ether oxygens (including phenoxy) is 2. The summed E-state index contributed by atoms with van der Waals surface area (Å²) < 4.78 is 10.4. The molecule has 0 spiro atoms. The van der Waals surface area contributed by atoms with Gasteiger partial charge in [-0.25, -0.2) is 9.78 Å². The molecule has 0 N–H and O–H groups in total. The van der Waals surface area contributed by atoms with Crippen LogP contribution >= 0.6 is 11.3 Å². The van der Waals surface area contributed by atoms with E-state index in [0.717, 1.165) is 40.7 Å². The number of benzene rings is 2. The lowest BCUT2D eigenvalue weighted by Crippen LogP contribution is -2.49. The number of carbonyl (C=O) groups excluding carboxylic acids is 2. The van der Waals surface area contributed by atoms with E-state index in [1.165, 1.54) is 11.3 Å². The van der Waals surface area contributed by atoms with Gasteiger partial charge in [0.05, 0.1) is 7.11 Å². The zero-order chi connectivity index (χ0) is 22.5. The molecule has 1 amide bonds. The van der Waals surface area contributed by atoms with Crippen molar-refractivity contribution < 1.29 is 19.1 Å². The highest BCUT2D eigenvalue weighted by molar-refractivity contribution is 7.13. The van der Waals surface area contributed by atoms with Crippen molar-refractivity contribution in [2.24, 2.45) is 0 Å². The first-order valence-electron chi connectivity index (χ1n) is 10.4. The highest BCUT2D eigenvalue weighted by atomic mass is 32.1. The summed E-state index contributed by atoms with van der Waals surface area (Å²) in [6.07, 6.45) is 0. The minimum absolute atomic E-state index is 0.193. The SMILES string of the molecule is COc1ccc(N2CCN(C(=O)COC(=O)c3csc(-c4ccc(C)cc4)n3)CC2)cc1. The van der Waals surface area contributed by atoms with E-state index in [-0.39, 0.29) is 18.2 Å². The molecule has 166 valence electrons. The molecule has 1 aliphatic heterocycles. The molecule has 1 aromatic heterocycles. The Hall–Kier alpha value is -3.39. The Balaban J connectivity index is 1.26. The first-order chi connectivity index (χ1) is 15.5. The summed E-state index contributed by atoms with van der Waals surface area (Å²) in [5.41, 5.74) is 3.43. The molecule has 0 unspecified atom stereocenters. The fourth-order valence-electron chi connectivity index (χ4n) is 3.50. The maximum absolute atomic E-state index is 12.5. The first-order valence-corrected chi connectivity index (χ1v) is 11.3. The van der Waals surface area contributed by atoms with Crippen molar-refractivity contribution in [1.29, 1.82) is 0 Å². The summed E-state index contributed by atoms with van der Waals surface area (Å²) in [5, 5.41) is 2.41. The van der Waals surface area contributed by atoms with Crippen LogP contribution in [0.1, 0.15) is 16.1 Å². The minimum Gasteiger partial charge on any atom is -0.497 e. The Morgan fingerprint density at radius 3 is 2.34 bits per heavy atom. The van der Waals surface area contributed by atoms with Crippen molar-refractivity contribution in [3.63, 3.8) is 0 Å². The smallest absolute Gasteiger partial charge is 0.358 e. The Morgan fingerprint density at radius 2 is 1.69 bits per heavy atom. The maximum Gasteiger partial charge on any atom is 0.358 e. The number of thiazole rings is 1. The second-order valence-corrected chi connectivity index (χ2v) is 8.40. The number of piperazine rings is 1. The summed E-state index contributed by atoms with van der Waals surface area (Å²) in [6, 6.07) is 15.8. The lowest BCUT2D eigenvalue weighted by molar-refractivity contribution is -0.134. The Morgan fingerprint density at radius 1 is 1.00 bits per heavy atom. The fraction of sp³-hybridized carbons (Fsp3) is 0.292. The molecular formula is C24H25N3O4S. The zero-order valence-corrected chi connectivity index (χ0v) is 18.9. The van der Waals surface area contributed by atoms with E-state index in [2.05, 4.69) is 9.88 Å². The number of hydrogen-bond acceptors (Lipinski definition) is 7. The number of aromatic nitrogens is 1. The van der Waals surface area contributed by atoms with Crippen molar-refractivity contribution in [3.05, 3.63) is 65.2 Å². The lowest BCUT2D eigenvalue weighted by atomic mass is 10.2. The van der Waals surface area contributed by atoms with Gasteiger partial charge >= 0.3 is 5.97 Å². The molecule has 0 bridgehead atoms. The van der Waals surface area contributed by atoms with Gasteiger partial charge in [-0.2, -0.15) is 0 Å². The van der Waals surface area contributed by atoms with Gasteiger partial charge in [0.25, 0.3) is 5.91 Å². The van der Waals surface area contributed by atoms with Crippen LogP contribution in [-0.2, 0) is 9.53 Å². The van der Waals surface area contributed by atoms with E-state index in [9.17, 15) is 9.59 Å². The normalized spacial score (nSPS) is 13.7. The number of carbonyl (C=O) groups is 2. The van der Waals surface area contributed by atoms with E-state index in [1.807, 2.05) is 55.5 Å². The standard InChI is InChI=1S/C24H25N3O4S/c1-17-3-5-18(6-4-17)23-25-21(16-32-23)24(29)31-15-22(28)27-13-11-26(12-14-27)19-7-9-20(30-2)10-8-19/h3-10,16H,11-15H2,1-2H3. The summed E-state index contributed by atoms with van der Waals surface area (Å²) >= 11 is 1.38. The van der Waals surface area contributed by atoms with Crippen LogP contribution < -0.4 is 9.64 Å². The molecule has 0 radical (unpaired) electrons. The van der Waals surface area contributed by atoms with E-state index in [0.29, 0.717) is 13.1 Å². The zero-order valence-electron chi connectivity index (χ0n) is 18.1. The highest BCUT2D eigenvalue weighted by Crippen LogP contribution is 2.24. The molecule has 3 aromatic rings. The van der Waals surface area contributed by atoms with Crippen molar-refractivity contribution in [3.8, 4) is 16.3 Å². The van der Waals surface area contributed by atoms with Gasteiger partial charge in [-0.05, 0) is 31.2 Å². The van der Waals surface area contributed by atoms with Crippen LogP contribution in [0.3, 0.4) is 0 Å². The third kappa shape index (κ3) is 5.08. The molecule has 1 saturated heterocycles. The number of esters is 1. The molecule has 0 aliphatic carbocycles. The summed E-state index contributed by atoms with van der Waals surface area (Å²) in [7, 11) is 1.64. The van der Waals surface area contributed by atoms with Crippen LogP contribution in [0.4, 0.5) is 5.69 Å². The van der Waals surface area contributed by atoms with Crippen molar-refractivity contribution in [2.75, 3.05) is 44.8 Å². The molecule has 4 rings (SSSR count). The second-order valence-electron chi connectivity index (χ2n) is 7.55. The maximum atomic E-state index is 12.5. The molecule has 2 aromatic carbocycles. The number of hydrogen-bond donors (Lipinski definition) is 0. The molecule has 0 atom stereocenters. The van der Waals surface area contributed by atoms with Crippen molar-refractivity contribution in [1.82, 2.24) is 9.88 Å². The van der Waals surface area contributed by atoms with Gasteiger partial charge in [-0.15, -0.1) is 11.3 Å². The second kappa shape index (κ2) is 9.82. The van der Waals surface area contributed by atoms with Crippen molar-refractivity contribution >= 4 is 28.9 Å². The van der Waals surface area contributed by atoms with Crippen LogP contribution in [0.15, 0.2) is 53.9 Å². The van der Waals surface area contributed by atoms with Gasteiger partial charge in [0, 0.05) is 42.8 Å². The van der Waals surface area contributed by atoms with Gasteiger partial charge in [0.15, 0.2) is 12.3 Å². The van der Waals surface area contributed by atoms with Crippen LogP contribution in [0.25, 0.3) is 10.6 Å². The number of anilines is 1. The molecular weight excluding hydrogens is 426 g/mol. The van der Waals surface area contributed by atoms with Gasteiger partial charge in [0.1, 0.15) is 10.8 Å². The molecule has 1 aliphatic rings. The number of amides is 1. The number of methoxy groups -OCH3 is 1. The summed E-state index contributed by atoms with van der Waals surface area (Å²) in [6.45, 7) is 4.34. The number of aryl methyl sites for hydroxylation is 1. The molecule has 0 saturated carbocycles. The van der Waals surface area contributed by atoms with Crippen LogP contribution in [-0.4, -0.2) is 61.7 Å². The van der Waals surface area contributed by atoms with E-state index in [4.69, 9.17) is 9.47 Å². The van der Waals surface area contributed by atoms with Crippen molar-refractivity contribution in [2.45, 2.75) is 6.92 Å². The monoisotopic (exact) mass is 451 g/mol. The topological polar surface area (TPSA) is 72.0 Å². The highest BCUT2D eigenvalue weighted by Gasteiger charge is 2.23. The predicted octanol–water partition coefficient (Wildman–Crippen LogP) is 3.63. The predicted molar refractivity (Wildman–Crippen MR) is 124 cm³/mol. The Kier molecular flexibility index (Phi) is 6.70. The van der Waals surface area contributed by atoms with E-state index >= 15 is 0 Å². The molecule has 1 fully saturated rings. The van der Waals surface area contributed by atoms with Gasteiger partial charge in [0.2, 0.25) is 0 Å².